The molecule has 18 heteroatoms. The number of rotatable bonds is 20. The standard InChI is InChI=1S/C68H90F2N10O6/c1-45-35-77(41-61(81)79-43-67(3,4)63-59(79)31-51(65(83)73-63)29-47-17-21-53(69)22-18-47)55(33-71-45)37-75-25-27-85-57(39-75)15-9-13-49-11-7-8-12-50(49)14-10-16-58-40-76(26-28-86-58)38-56-34-72-46(2)36-78(56)42-62(82)80-44-68(5,6)64-60(80)32-52(66(84)74-64)30-48-19-23-54(70)24-20-48/h7-8,11-12,17-24,31-32,45-46,55-58,71-72H,9-10,13-16,25-30,33-44H2,1-6H3,(H,73,83)(H,74,84)/t45-,46-,55-,56-,57-,58-/m1/s1. The summed E-state index contributed by atoms with van der Waals surface area (Å²) in [5.41, 5.74) is 7.44. The number of anilines is 2. The van der Waals surface area contributed by atoms with E-state index in [2.05, 4.69) is 106 Å². The van der Waals surface area contributed by atoms with Gasteiger partial charge in [0.05, 0.1) is 49.9 Å². The van der Waals surface area contributed by atoms with E-state index >= 15 is 0 Å². The highest BCUT2D eigenvalue weighted by Crippen LogP contribution is 2.41. The van der Waals surface area contributed by atoms with Crippen molar-refractivity contribution in [3.8, 4) is 0 Å². The first-order chi connectivity index (χ1) is 41.3. The number of nitrogens with one attached hydrogen (secondary N) is 4. The third-order valence-corrected chi connectivity index (χ3v) is 19.0. The second-order valence-corrected chi connectivity index (χ2v) is 26.9. The third kappa shape index (κ3) is 14.8. The van der Waals surface area contributed by atoms with Crippen molar-refractivity contribution in [3.63, 3.8) is 0 Å². The van der Waals surface area contributed by atoms with Gasteiger partial charge in [-0.15, -0.1) is 0 Å². The Balaban J connectivity index is 0.637. The molecule has 0 unspecified atom stereocenters. The maximum atomic E-state index is 14.4. The van der Waals surface area contributed by atoms with Gasteiger partial charge in [0.15, 0.2) is 0 Å². The number of benzene rings is 3. The molecule has 16 nitrogen and oxygen atoms in total. The average Bonchev–Trinajstić information content (AvgIpc) is 1.73. The lowest BCUT2D eigenvalue weighted by Gasteiger charge is -2.43. The van der Waals surface area contributed by atoms with Gasteiger partial charge in [-0.25, -0.2) is 8.78 Å². The number of aromatic amines is 2. The number of hydrogen-bond donors (Lipinski definition) is 4. The van der Waals surface area contributed by atoms with Crippen LogP contribution >= 0.6 is 0 Å². The number of ether oxygens (including phenoxy) is 2. The van der Waals surface area contributed by atoms with Crippen LogP contribution in [0.2, 0.25) is 0 Å². The Morgan fingerprint density at radius 1 is 0.570 bits per heavy atom. The predicted octanol–water partition coefficient (Wildman–Crippen LogP) is 6.54. The maximum absolute atomic E-state index is 14.4. The number of nitrogens with zero attached hydrogens (tertiary/aromatic N) is 6. The average molecular weight is 1180 g/mol. The van der Waals surface area contributed by atoms with E-state index in [1.165, 1.54) is 35.4 Å². The maximum Gasteiger partial charge on any atom is 0.251 e. The zero-order chi connectivity index (χ0) is 60.3. The molecule has 0 radical (unpaired) electrons. The van der Waals surface area contributed by atoms with Gasteiger partial charge in [0.1, 0.15) is 11.6 Å². The lowest BCUT2D eigenvalue weighted by Crippen LogP contribution is -2.61. The van der Waals surface area contributed by atoms with E-state index in [1.54, 1.807) is 24.3 Å². The minimum absolute atomic E-state index is 0.0246. The number of carbonyl (C=O) groups excluding carboxylic acids is 2. The number of amides is 2. The van der Waals surface area contributed by atoms with Gasteiger partial charge in [-0.3, -0.25) is 38.8 Å². The van der Waals surface area contributed by atoms with Gasteiger partial charge in [-0.1, -0.05) is 76.2 Å². The summed E-state index contributed by atoms with van der Waals surface area (Å²) in [6.45, 7) is 23.7. The first kappa shape index (κ1) is 61.7. The van der Waals surface area contributed by atoms with Gasteiger partial charge in [-0.05, 0) is 111 Å². The van der Waals surface area contributed by atoms with E-state index < -0.39 is 10.8 Å². The summed E-state index contributed by atoms with van der Waals surface area (Å²) in [6, 6.07) is 25.8. The van der Waals surface area contributed by atoms with Crippen molar-refractivity contribution in [2.45, 2.75) is 140 Å². The number of carbonyl (C=O) groups is 2. The van der Waals surface area contributed by atoms with Crippen LogP contribution in [0.1, 0.15) is 112 Å². The predicted molar refractivity (Wildman–Crippen MR) is 334 cm³/mol. The minimum atomic E-state index is -0.421. The van der Waals surface area contributed by atoms with Gasteiger partial charge in [0.25, 0.3) is 11.1 Å². The lowest BCUT2D eigenvalue weighted by atomic mass is 9.91. The van der Waals surface area contributed by atoms with E-state index in [1.807, 2.05) is 21.9 Å². The topological polar surface area (TPSA) is 162 Å². The fourth-order valence-corrected chi connectivity index (χ4v) is 14.3. The summed E-state index contributed by atoms with van der Waals surface area (Å²) >= 11 is 0. The fourth-order valence-electron chi connectivity index (χ4n) is 14.3. The number of pyridine rings is 2. The first-order valence-electron chi connectivity index (χ1n) is 31.6. The SMILES string of the molecule is C[C@@H]1CN(CC(=O)N2CC(C)(C)c3[nH]c(=O)c(Cc4ccc(F)cc4)cc32)[C@@H](CN2CCO[C@H](CCCc3ccccc3CCC[C@@H]3CN(C[C@H]4CN[C@H](C)CN4CC(=O)N4CC(C)(C)c5[nH]c(=O)c(Cc6ccc(F)cc6)cc54)CCO3)C2)CN1. The highest BCUT2D eigenvalue weighted by molar-refractivity contribution is 5.98. The van der Waals surface area contributed by atoms with E-state index in [4.69, 9.17) is 9.47 Å². The van der Waals surface area contributed by atoms with Crippen LogP contribution < -0.4 is 31.6 Å². The molecule has 0 saturated carbocycles. The second kappa shape index (κ2) is 26.8. The number of hydrogen-bond acceptors (Lipinski definition) is 12. The highest BCUT2D eigenvalue weighted by atomic mass is 19.1. The van der Waals surface area contributed by atoms with Crippen LogP contribution in [-0.4, -0.2) is 183 Å². The van der Waals surface area contributed by atoms with Crippen molar-refractivity contribution in [2.24, 2.45) is 0 Å². The molecular formula is C68H90F2N10O6. The number of aromatic nitrogens is 2. The number of fused-ring (bicyclic) bond motifs is 2. The summed E-state index contributed by atoms with van der Waals surface area (Å²) in [6.07, 6.45) is 6.97. The van der Waals surface area contributed by atoms with Crippen LogP contribution in [0.3, 0.4) is 0 Å². The molecule has 2 aromatic heterocycles. The molecule has 2 amide bonds. The minimum Gasteiger partial charge on any atom is -0.376 e. The monoisotopic (exact) mass is 1180 g/mol. The quantitative estimate of drug-likeness (QED) is 0.0668. The normalized spacial score (nSPS) is 24.5. The Kier molecular flexibility index (Phi) is 19.2. The van der Waals surface area contributed by atoms with Crippen LogP contribution in [0.5, 0.6) is 0 Å². The van der Waals surface area contributed by atoms with Crippen molar-refractivity contribution in [3.05, 3.63) is 162 Å². The van der Waals surface area contributed by atoms with Crippen molar-refractivity contribution >= 4 is 23.2 Å². The summed E-state index contributed by atoms with van der Waals surface area (Å²) in [4.78, 5) is 75.2. The van der Waals surface area contributed by atoms with Gasteiger partial charge in [0, 0.05) is 149 Å². The Labute approximate surface area is 506 Å². The molecule has 6 atom stereocenters. The molecule has 4 saturated heterocycles. The van der Waals surface area contributed by atoms with Crippen molar-refractivity contribution in [1.29, 1.82) is 0 Å². The Morgan fingerprint density at radius 2 is 0.977 bits per heavy atom. The summed E-state index contributed by atoms with van der Waals surface area (Å²) in [7, 11) is 0. The van der Waals surface area contributed by atoms with Gasteiger partial charge >= 0.3 is 0 Å². The van der Waals surface area contributed by atoms with E-state index in [0.29, 0.717) is 50.3 Å². The number of aryl methyl sites for hydroxylation is 2. The van der Waals surface area contributed by atoms with Crippen LogP contribution in [0, 0.1) is 11.6 Å². The molecule has 11 rings (SSSR count). The van der Waals surface area contributed by atoms with Crippen LogP contribution in [0.25, 0.3) is 0 Å². The molecule has 6 aliphatic heterocycles. The van der Waals surface area contributed by atoms with Gasteiger partial charge < -0.3 is 39.9 Å². The Hall–Kier alpha value is -5.96. The molecule has 4 N–H and O–H groups in total. The molecule has 462 valence electrons. The van der Waals surface area contributed by atoms with Crippen LogP contribution in [0.15, 0.2) is 94.5 Å². The molecule has 6 aliphatic rings. The molecule has 0 spiro atoms. The molecule has 8 heterocycles. The highest BCUT2D eigenvalue weighted by Gasteiger charge is 2.43. The van der Waals surface area contributed by atoms with Gasteiger partial charge in [-0.2, -0.15) is 0 Å². The molecule has 0 bridgehead atoms. The summed E-state index contributed by atoms with van der Waals surface area (Å²) in [5.74, 6) is -0.593. The second-order valence-electron chi connectivity index (χ2n) is 26.9. The molecule has 5 aromatic rings. The lowest BCUT2D eigenvalue weighted by molar-refractivity contribution is -0.121. The first-order valence-corrected chi connectivity index (χ1v) is 31.6. The van der Waals surface area contributed by atoms with E-state index in [0.717, 1.165) is 138 Å². The van der Waals surface area contributed by atoms with Crippen molar-refractivity contribution in [1.82, 2.24) is 40.2 Å². The number of H-pyrrole nitrogens is 2. The molecule has 86 heavy (non-hydrogen) atoms. The number of halogens is 2. The zero-order valence-corrected chi connectivity index (χ0v) is 51.4. The third-order valence-electron chi connectivity index (χ3n) is 19.0. The number of morpholine rings is 2. The Morgan fingerprint density at radius 3 is 1.38 bits per heavy atom. The zero-order valence-electron chi connectivity index (χ0n) is 51.4. The van der Waals surface area contributed by atoms with Crippen LogP contribution in [-0.2, 0) is 55.6 Å². The smallest absolute Gasteiger partial charge is 0.251 e. The van der Waals surface area contributed by atoms with Gasteiger partial charge in [0.2, 0.25) is 11.8 Å². The molecule has 0 aliphatic carbocycles. The van der Waals surface area contributed by atoms with E-state index in [9.17, 15) is 28.0 Å². The van der Waals surface area contributed by atoms with Crippen LogP contribution in [0.4, 0.5) is 20.2 Å². The largest absolute Gasteiger partial charge is 0.376 e. The molecule has 4 fully saturated rings. The summed E-state index contributed by atoms with van der Waals surface area (Å²) in [5, 5.41) is 7.37. The molecular weight excluding hydrogens is 1090 g/mol. The van der Waals surface area contributed by atoms with Crippen molar-refractivity contribution < 1.29 is 27.8 Å². The van der Waals surface area contributed by atoms with Crippen molar-refractivity contribution in [2.75, 3.05) is 115 Å². The molecule has 3 aromatic carbocycles. The summed E-state index contributed by atoms with van der Waals surface area (Å²) < 4.78 is 40.2. The Bertz CT molecular complexity index is 3080. The van der Waals surface area contributed by atoms with E-state index in [-0.39, 0.29) is 84.0 Å². The number of piperazine rings is 2. The fraction of sp³-hybridized carbons (Fsp3) is 0.559.